The van der Waals surface area contributed by atoms with Crippen molar-refractivity contribution < 1.29 is 0 Å². The van der Waals surface area contributed by atoms with E-state index in [4.69, 9.17) is 5.73 Å². The summed E-state index contributed by atoms with van der Waals surface area (Å²) >= 11 is 0. The molecule has 0 saturated heterocycles. The van der Waals surface area contributed by atoms with Gasteiger partial charge in [0.05, 0.1) is 0 Å². The second-order valence-corrected chi connectivity index (χ2v) is 7.15. The van der Waals surface area contributed by atoms with Crippen molar-refractivity contribution >= 4 is 22.7 Å². The van der Waals surface area contributed by atoms with Crippen molar-refractivity contribution in [3.8, 4) is 11.1 Å². The molecule has 4 aromatic carbocycles. The molecule has 0 aliphatic rings. The second kappa shape index (κ2) is 7.61. The third-order valence-corrected chi connectivity index (χ3v) is 4.90. The van der Waals surface area contributed by atoms with Crippen molar-refractivity contribution in [2.75, 3.05) is 10.6 Å². The fraction of sp³-hybridized carbons (Fsp3) is 0.0769. The normalized spacial score (nSPS) is 10.6. The highest BCUT2D eigenvalue weighted by Crippen LogP contribution is 2.38. The zero-order valence-corrected chi connectivity index (χ0v) is 16.3. The number of hydrogen-bond donors (Lipinski definition) is 1. The van der Waals surface area contributed by atoms with Crippen LogP contribution in [0.2, 0.25) is 0 Å². The molecule has 4 rings (SSSR count). The molecule has 0 atom stereocenters. The fourth-order valence-corrected chi connectivity index (χ4v) is 3.53. The van der Waals surface area contributed by atoms with Crippen LogP contribution in [-0.2, 0) is 0 Å². The van der Waals surface area contributed by atoms with E-state index in [9.17, 15) is 0 Å². The molecule has 0 unspecified atom stereocenters. The summed E-state index contributed by atoms with van der Waals surface area (Å²) in [5.74, 6) is 0. The van der Waals surface area contributed by atoms with Gasteiger partial charge in [-0.1, -0.05) is 54.6 Å². The van der Waals surface area contributed by atoms with Crippen LogP contribution in [0.15, 0.2) is 97.1 Å². The van der Waals surface area contributed by atoms with Crippen molar-refractivity contribution in [3.05, 3.63) is 108 Å². The van der Waals surface area contributed by atoms with Crippen LogP contribution in [0.3, 0.4) is 0 Å². The van der Waals surface area contributed by atoms with Gasteiger partial charge in [0.25, 0.3) is 0 Å². The van der Waals surface area contributed by atoms with Crippen LogP contribution >= 0.6 is 0 Å². The van der Waals surface area contributed by atoms with Crippen molar-refractivity contribution in [1.29, 1.82) is 0 Å². The number of hydrogen-bond acceptors (Lipinski definition) is 2. The molecule has 2 heteroatoms. The summed E-state index contributed by atoms with van der Waals surface area (Å²) in [4.78, 5) is 2.28. The average Bonchev–Trinajstić information content (AvgIpc) is 2.70. The number of nitrogen functional groups attached to an aromatic ring is 1. The van der Waals surface area contributed by atoms with Gasteiger partial charge in [0.2, 0.25) is 0 Å². The van der Waals surface area contributed by atoms with E-state index in [1.807, 2.05) is 24.3 Å². The molecule has 0 saturated carbocycles. The first-order valence-corrected chi connectivity index (χ1v) is 9.50. The molecule has 0 heterocycles. The highest BCUT2D eigenvalue weighted by molar-refractivity contribution is 5.85. The van der Waals surface area contributed by atoms with E-state index in [1.165, 1.54) is 11.1 Å². The maximum Gasteiger partial charge on any atom is 0.0469 e. The number of rotatable bonds is 4. The molecular weight excluding hydrogens is 340 g/mol. The second-order valence-electron chi connectivity index (χ2n) is 7.15. The Labute approximate surface area is 166 Å². The maximum atomic E-state index is 6.33. The van der Waals surface area contributed by atoms with Crippen LogP contribution in [0.25, 0.3) is 11.1 Å². The van der Waals surface area contributed by atoms with E-state index in [0.717, 1.165) is 33.9 Å². The molecule has 0 fully saturated rings. The van der Waals surface area contributed by atoms with Gasteiger partial charge in [-0.3, -0.25) is 0 Å². The largest absolute Gasteiger partial charge is 0.398 e. The third-order valence-electron chi connectivity index (χ3n) is 4.90. The number of nitrogens with two attached hydrogens (primary N) is 1. The van der Waals surface area contributed by atoms with Gasteiger partial charge < -0.3 is 10.6 Å². The molecule has 0 amide bonds. The van der Waals surface area contributed by atoms with E-state index in [2.05, 4.69) is 91.5 Å². The fourth-order valence-electron chi connectivity index (χ4n) is 3.53. The molecule has 0 radical (unpaired) electrons. The van der Waals surface area contributed by atoms with Crippen molar-refractivity contribution in [2.45, 2.75) is 13.8 Å². The molecule has 0 aliphatic heterocycles. The van der Waals surface area contributed by atoms with Gasteiger partial charge in [-0.2, -0.15) is 0 Å². The topological polar surface area (TPSA) is 29.3 Å². The van der Waals surface area contributed by atoms with Crippen molar-refractivity contribution in [3.63, 3.8) is 0 Å². The first-order valence-electron chi connectivity index (χ1n) is 9.50. The zero-order valence-electron chi connectivity index (χ0n) is 16.3. The lowest BCUT2D eigenvalue weighted by atomic mass is 10.0. The zero-order chi connectivity index (χ0) is 19.5. The van der Waals surface area contributed by atoms with Gasteiger partial charge >= 0.3 is 0 Å². The minimum atomic E-state index is 0.781. The average molecular weight is 364 g/mol. The van der Waals surface area contributed by atoms with Crippen LogP contribution in [0.1, 0.15) is 11.1 Å². The predicted octanol–water partition coefficient (Wildman–Crippen LogP) is 7.02. The molecule has 2 N–H and O–H groups in total. The van der Waals surface area contributed by atoms with Gasteiger partial charge in [-0.15, -0.1) is 0 Å². The van der Waals surface area contributed by atoms with E-state index in [-0.39, 0.29) is 0 Å². The summed E-state index contributed by atoms with van der Waals surface area (Å²) in [6.45, 7) is 4.24. The molecule has 0 bridgehead atoms. The number of nitrogens with zero attached hydrogens (tertiary/aromatic N) is 1. The van der Waals surface area contributed by atoms with E-state index < -0.39 is 0 Å². The van der Waals surface area contributed by atoms with Gasteiger partial charge in [0, 0.05) is 28.3 Å². The Morgan fingerprint density at radius 1 is 0.571 bits per heavy atom. The van der Waals surface area contributed by atoms with E-state index >= 15 is 0 Å². The Hall–Kier alpha value is -3.52. The number of aryl methyl sites for hydroxylation is 2. The van der Waals surface area contributed by atoms with Gasteiger partial charge in [-0.05, 0) is 73.0 Å². The molecule has 2 nitrogen and oxygen atoms in total. The lowest BCUT2D eigenvalue weighted by molar-refractivity contribution is 1.26. The first kappa shape index (κ1) is 17.9. The molecule has 28 heavy (non-hydrogen) atoms. The molecular formula is C26H24N2. The minimum absolute atomic E-state index is 0.781. The molecule has 4 aromatic rings. The molecule has 0 aliphatic carbocycles. The SMILES string of the molecule is Cc1cccc(N(c2cccc(C)c2)c2ccc(N)c(-c3ccccc3)c2)c1. The van der Waals surface area contributed by atoms with Gasteiger partial charge in [0.15, 0.2) is 0 Å². The van der Waals surface area contributed by atoms with Gasteiger partial charge in [-0.25, -0.2) is 0 Å². The summed E-state index contributed by atoms with van der Waals surface area (Å²) < 4.78 is 0. The number of benzene rings is 4. The standard InChI is InChI=1S/C26H24N2/c1-19-8-6-12-22(16-19)28(23-13-7-9-20(2)17-23)24-14-15-26(27)25(18-24)21-10-4-3-5-11-21/h3-18H,27H2,1-2H3. The Balaban J connectivity index is 1.90. The molecule has 0 spiro atoms. The monoisotopic (exact) mass is 364 g/mol. The lowest BCUT2D eigenvalue weighted by Gasteiger charge is -2.27. The Kier molecular flexibility index (Phi) is 4.86. The Bertz CT molecular complexity index is 1050. The highest BCUT2D eigenvalue weighted by Gasteiger charge is 2.15. The summed E-state index contributed by atoms with van der Waals surface area (Å²) in [6, 6.07) is 33.7. The van der Waals surface area contributed by atoms with Crippen LogP contribution in [0.5, 0.6) is 0 Å². The maximum absolute atomic E-state index is 6.33. The number of anilines is 4. The van der Waals surface area contributed by atoms with Crippen LogP contribution in [0, 0.1) is 13.8 Å². The van der Waals surface area contributed by atoms with E-state index in [1.54, 1.807) is 0 Å². The van der Waals surface area contributed by atoms with Crippen molar-refractivity contribution in [1.82, 2.24) is 0 Å². The van der Waals surface area contributed by atoms with Crippen LogP contribution in [0.4, 0.5) is 22.7 Å². The summed E-state index contributed by atoms with van der Waals surface area (Å²) in [5, 5.41) is 0. The summed E-state index contributed by atoms with van der Waals surface area (Å²) in [7, 11) is 0. The summed E-state index contributed by atoms with van der Waals surface area (Å²) in [5.41, 5.74) is 15.1. The van der Waals surface area contributed by atoms with Crippen LogP contribution in [-0.4, -0.2) is 0 Å². The first-order chi connectivity index (χ1) is 13.6. The highest BCUT2D eigenvalue weighted by atomic mass is 15.1. The van der Waals surface area contributed by atoms with Gasteiger partial charge in [0.1, 0.15) is 0 Å². The van der Waals surface area contributed by atoms with E-state index in [0.29, 0.717) is 0 Å². The predicted molar refractivity (Wildman–Crippen MR) is 120 cm³/mol. The smallest absolute Gasteiger partial charge is 0.0469 e. The molecule has 138 valence electrons. The Morgan fingerprint density at radius 3 is 1.71 bits per heavy atom. The Morgan fingerprint density at radius 2 is 1.14 bits per heavy atom. The van der Waals surface area contributed by atoms with Crippen molar-refractivity contribution in [2.24, 2.45) is 0 Å². The molecule has 0 aromatic heterocycles. The van der Waals surface area contributed by atoms with Crippen LogP contribution < -0.4 is 10.6 Å². The quantitative estimate of drug-likeness (QED) is 0.394. The third kappa shape index (κ3) is 3.63. The summed E-state index contributed by atoms with van der Waals surface area (Å²) in [6.07, 6.45) is 0. The lowest BCUT2D eigenvalue weighted by Crippen LogP contribution is -2.10. The minimum Gasteiger partial charge on any atom is -0.398 e.